The number of nitrogens with zero attached hydrogens (tertiary/aromatic N) is 2. The van der Waals surface area contributed by atoms with Crippen molar-refractivity contribution in [3.8, 4) is 23.5 Å². The summed E-state index contributed by atoms with van der Waals surface area (Å²) in [5, 5.41) is 17.9. The Morgan fingerprint density at radius 2 is 1.85 bits per heavy atom. The molecule has 0 spiro atoms. The van der Waals surface area contributed by atoms with E-state index in [0.717, 1.165) is 5.56 Å². The van der Waals surface area contributed by atoms with E-state index in [2.05, 4.69) is 0 Å². The molecule has 0 unspecified atom stereocenters. The smallest absolute Gasteiger partial charge is 0.171 e. The molecule has 1 aliphatic carbocycles. The van der Waals surface area contributed by atoms with Crippen LogP contribution in [-0.2, 0) is 0 Å². The van der Waals surface area contributed by atoms with Crippen LogP contribution in [0.4, 0.5) is 0 Å². The number of carbonyl (C=O) groups is 1. The van der Waals surface area contributed by atoms with Gasteiger partial charge < -0.3 is 4.42 Å². The fourth-order valence-corrected chi connectivity index (χ4v) is 2.26. The van der Waals surface area contributed by atoms with Crippen LogP contribution >= 0.6 is 0 Å². The fraction of sp³-hybridized carbons (Fsp3) is 0.0625. The highest BCUT2D eigenvalue weighted by Gasteiger charge is 2.32. The monoisotopic (exact) mass is 260 g/mol. The molecule has 0 amide bonds. The Balaban J connectivity index is 2.18. The Hall–Kier alpha value is -3.11. The summed E-state index contributed by atoms with van der Waals surface area (Å²) >= 11 is 0. The number of hydrogen-bond donors (Lipinski definition) is 0. The second-order valence-corrected chi connectivity index (χ2v) is 4.40. The van der Waals surface area contributed by atoms with Gasteiger partial charge >= 0.3 is 0 Å². The second kappa shape index (κ2) is 4.53. The molecule has 1 aliphatic rings. The Morgan fingerprint density at radius 3 is 2.50 bits per heavy atom. The first-order chi connectivity index (χ1) is 9.74. The van der Waals surface area contributed by atoms with Crippen molar-refractivity contribution in [3.63, 3.8) is 0 Å². The predicted octanol–water partition coefficient (Wildman–Crippen LogP) is 3.33. The predicted molar refractivity (Wildman–Crippen MR) is 71.2 cm³/mol. The van der Waals surface area contributed by atoms with Crippen LogP contribution < -0.4 is 0 Å². The number of hydrogen-bond acceptors (Lipinski definition) is 4. The molecule has 0 radical (unpaired) electrons. The number of Topliss-reactive ketones (excluding diaryl/α,β-unsaturated/α-hetero) is 1. The molecule has 0 saturated heterocycles. The van der Waals surface area contributed by atoms with Gasteiger partial charge in [-0.1, -0.05) is 30.3 Å². The van der Waals surface area contributed by atoms with Crippen LogP contribution in [0.1, 0.15) is 22.5 Å². The molecule has 4 nitrogen and oxygen atoms in total. The molecule has 1 aromatic carbocycles. The number of allylic oxidation sites excluding steroid dienone is 2. The highest BCUT2D eigenvalue weighted by atomic mass is 16.3. The van der Waals surface area contributed by atoms with Crippen LogP contribution in [0.5, 0.6) is 0 Å². The molecular formula is C16H8N2O2. The lowest BCUT2D eigenvalue weighted by Gasteiger charge is -1.98. The third-order valence-electron chi connectivity index (χ3n) is 3.23. The maximum atomic E-state index is 11.9. The van der Waals surface area contributed by atoms with E-state index in [1.807, 2.05) is 42.5 Å². The second-order valence-electron chi connectivity index (χ2n) is 4.40. The number of fused-ring (bicyclic) bond motifs is 1. The summed E-state index contributed by atoms with van der Waals surface area (Å²) in [7, 11) is 0. The van der Waals surface area contributed by atoms with Gasteiger partial charge in [0.05, 0.1) is 5.56 Å². The summed E-state index contributed by atoms with van der Waals surface area (Å²) in [6, 6.07) is 14.7. The molecule has 3 rings (SSSR count). The van der Waals surface area contributed by atoms with Crippen LogP contribution in [-0.4, -0.2) is 5.78 Å². The van der Waals surface area contributed by atoms with Gasteiger partial charge in [0.1, 0.15) is 29.2 Å². The van der Waals surface area contributed by atoms with Gasteiger partial charge in [0, 0.05) is 17.6 Å². The van der Waals surface area contributed by atoms with Crippen molar-refractivity contribution in [1.82, 2.24) is 0 Å². The summed E-state index contributed by atoms with van der Waals surface area (Å²) in [6.07, 6.45) is 0.0552. The first-order valence-electron chi connectivity index (χ1n) is 6.00. The van der Waals surface area contributed by atoms with Crippen molar-refractivity contribution in [2.45, 2.75) is 6.42 Å². The van der Waals surface area contributed by atoms with E-state index in [1.165, 1.54) is 0 Å². The quantitative estimate of drug-likeness (QED) is 0.737. The van der Waals surface area contributed by atoms with E-state index >= 15 is 0 Å². The molecule has 2 aromatic rings. The van der Waals surface area contributed by atoms with Crippen LogP contribution in [0.2, 0.25) is 0 Å². The van der Waals surface area contributed by atoms with Crippen molar-refractivity contribution in [2.75, 3.05) is 0 Å². The summed E-state index contributed by atoms with van der Waals surface area (Å²) < 4.78 is 5.70. The van der Waals surface area contributed by atoms with Gasteiger partial charge in [-0.05, 0) is 6.07 Å². The van der Waals surface area contributed by atoms with Crippen molar-refractivity contribution >= 4 is 11.4 Å². The van der Waals surface area contributed by atoms with Gasteiger partial charge in [0.15, 0.2) is 5.78 Å². The zero-order valence-corrected chi connectivity index (χ0v) is 10.4. The van der Waals surface area contributed by atoms with Crippen LogP contribution in [0.3, 0.4) is 0 Å². The minimum atomic E-state index is -0.121. The van der Waals surface area contributed by atoms with Gasteiger partial charge in [0.2, 0.25) is 0 Å². The molecule has 0 fully saturated rings. The first-order valence-corrected chi connectivity index (χ1v) is 6.00. The summed E-state index contributed by atoms with van der Waals surface area (Å²) in [6.45, 7) is 0. The van der Waals surface area contributed by atoms with Crippen molar-refractivity contribution in [3.05, 3.63) is 53.3 Å². The molecule has 0 aliphatic heterocycles. The maximum absolute atomic E-state index is 11.9. The van der Waals surface area contributed by atoms with Crippen LogP contribution in [0.15, 0.2) is 46.4 Å². The number of ketones is 1. The molecule has 20 heavy (non-hydrogen) atoms. The van der Waals surface area contributed by atoms with E-state index in [1.54, 1.807) is 6.07 Å². The molecule has 4 heteroatoms. The van der Waals surface area contributed by atoms with Crippen molar-refractivity contribution in [1.29, 1.82) is 10.5 Å². The number of carbonyl (C=O) groups excluding carboxylic acids is 1. The lowest BCUT2D eigenvalue weighted by molar-refractivity contribution is 0.100. The number of rotatable bonds is 1. The summed E-state index contributed by atoms with van der Waals surface area (Å²) in [5.41, 5.74) is 1.62. The Bertz CT molecular complexity index is 798. The number of benzene rings is 1. The lowest BCUT2D eigenvalue weighted by atomic mass is 10.1. The largest absolute Gasteiger partial charge is 0.456 e. The van der Waals surface area contributed by atoms with E-state index in [0.29, 0.717) is 22.7 Å². The normalized spacial score (nSPS) is 12.7. The van der Waals surface area contributed by atoms with Gasteiger partial charge in [-0.3, -0.25) is 4.79 Å². The summed E-state index contributed by atoms with van der Waals surface area (Å²) in [4.78, 5) is 11.9. The standard InChI is InChI=1S/C16H8N2O2/c17-8-11(9-18)12-6-14(19)13-7-15(20-16(12)13)10-4-2-1-3-5-10/h1-5,7H,6H2. The average Bonchev–Trinajstić information content (AvgIpc) is 3.04. The molecule has 0 atom stereocenters. The third kappa shape index (κ3) is 1.72. The number of nitriles is 2. The van der Waals surface area contributed by atoms with E-state index in [9.17, 15) is 4.79 Å². The van der Waals surface area contributed by atoms with E-state index < -0.39 is 0 Å². The highest BCUT2D eigenvalue weighted by molar-refractivity contribution is 6.12. The van der Waals surface area contributed by atoms with Crippen LogP contribution in [0.25, 0.3) is 16.9 Å². The third-order valence-corrected chi connectivity index (χ3v) is 3.23. The number of furan rings is 1. The van der Waals surface area contributed by atoms with Gasteiger partial charge in [-0.15, -0.1) is 0 Å². The molecule has 0 bridgehead atoms. The summed E-state index contributed by atoms with van der Waals surface area (Å²) in [5.74, 6) is 0.798. The van der Waals surface area contributed by atoms with E-state index in [-0.39, 0.29) is 17.8 Å². The Kier molecular flexibility index (Phi) is 2.71. The van der Waals surface area contributed by atoms with Crippen molar-refractivity contribution < 1.29 is 9.21 Å². The highest BCUT2D eigenvalue weighted by Crippen LogP contribution is 2.39. The van der Waals surface area contributed by atoms with Gasteiger partial charge in [-0.25, -0.2) is 0 Å². The van der Waals surface area contributed by atoms with Crippen LogP contribution in [0, 0.1) is 22.7 Å². The molecule has 1 aromatic heterocycles. The van der Waals surface area contributed by atoms with Crippen molar-refractivity contribution in [2.24, 2.45) is 0 Å². The van der Waals surface area contributed by atoms with Gasteiger partial charge in [0.25, 0.3) is 0 Å². The minimum Gasteiger partial charge on any atom is -0.456 e. The molecular weight excluding hydrogens is 252 g/mol. The Morgan fingerprint density at radius 1 is 1.15 bits per heavy atom. The molecule has 0 saturated carbocycles. The molecule has 1 heterocycles. The molecule has 94 valence electrons. The van der Waals surface area contributed by atoms with E-state index in [4.69, 9.17) is 14.9 Å². The SMILES string of the molecule is N#CC(C#N)=C1CC(=O)c2cc(-c3ccccc3)oc21. The van der Waals surface area contributed by atoms with Gasteiger partial charge in [-0.2, -0.15) is 10.5 Å². The Labute approximate surface area is 115 Å². The first kappa shape index (κ1) is 12.0. The average molecular weight is 260 g/mol. The minimum absolute atomic E-state index is 0.0552. The zero-order valence-electron chi connectivity index (χ0n) is 10.4. The molecule has 0 N–H and O–H groups in total. The lowest BCUT2D eigenvalue weighted by Crippen LogP contribution is -1.89. The topological polar surface area (TPSA) is 77.8 Å². The zero-order chi connectivity index (χ0) is 14.1. The fourth-order valence-electron chi connectivity index (χ4n) is 2.26. The maximum Gasteiger partial charge on any atom is 0.171 e.